The zero-order valence-electron chi connectivity index (χ0n) is 15.1. The molecule has 2 amide bonds. The van der Waals surface area contributed by atoms with Crippen molar-refractivity contribution in [2.75, 3.05) is 45.8 Å². The second kappa shape index (κ2) is 8.53. The second-order valence-corrected chi connectivity index (χ2v) is 6.21. The van der Waals surface area contributed by atoms with E-state index in [-0.39, 0.29) is 11.5 Å². The third kappa shape index (κ3) is 4.97. The molecule has 1 fully saturated rings. The molecule has 1 saturated heterocycles. The number of nitrogens with zero attached hydrogens (tertiary/aromatic N) is 3. The number of likely N-dealkylation sites (N-methyl/N-ethyl adjacent to an activating group) is 1. The fourth-order valence-corrected chi connectivity index (χ4v) is 2.99. The van der Waals surface area contributed by atoms with Gasteiger partial charge in [0.05, 0.1) is 12.1 Å². The quantitative estimate of drug-likeness (QED) is 0.798. The highest BCUT2D eigenvalue weighted by Crippen LogP contribution is 2.29. The van der Waals surface area contributed by atoms with Gasteiger partial charge in [-0.3, -0.25) is 14.5 Å². The molecule has 26 heavy (non-hydrogen) atoms. The van der Waals surface area contributed by atoms with E-state index in [1.165, 1.54) is 17.0 Å². The highest BCUT2D eigenvalue weighted by atomic mass is 19.4. The van der Waals surface area contributed by atoms with E-state index >= 15 is 0 Å². The van der Waals surface area contributed by atoms with Crippen LogP contribution < -0.4 is 0 Å². The lowest BCUT2D eigenvalue weighted by Gasteiger charge is -2.35. The number of carbonyl (C=O) groups excluding carboxylic acids is 2. The topological polar surface area (TPSA) is 43.9 Å². The summed E-state index contributed by atoms with van der Waals surface area (Å²) in [5.74, 6) is -0.363. The molecule has 1 aromatic rings. The number of halogens is 3. The molecule has 0 aromatic heterocycles. The molecule has 0 aliphatic carbocycles. The molecule has 0 radical (unpaired) electrons. The van der Waals surface area contributed by atoms with E-state index < -0.39 is 17.6 Å². The molecule has 2 rings (SSSR count). The van der Waals surface area contributed by atoms with Crippen LogP contribution in [-0.4, -0.2) is 72.3 Å². The molecule has 144 valence electrons. The minimum absolute atomic E-state index is 0.0347. The summed E-state index contributed by atoms with van der Waals surface area (Å²) in [4.78, 5) is 29.9. The van der Waals surface area contributed by atoms with Crippen molar-refractivity contribution in [2.24, 2.45) is 0 Å². The lowest BCUT2D eigenvalue weighted by molar-refractivity contribution is -0.137. The molecule has 0 spiro atoms. The van der Waals surface area contributed by atoms with Crippen molar-refractivity contribution >= 4 is 11.8 Å². The maximum absolute atomic E-state index is 12.8. The Balaban J connectivity index is 1.93. The smallest absolute Gasteiger partial charge is 0.342 e. The van der Waals surface area contributed by atoms with Gasteiger partial charge in [0.2, 0.25) is 5.91 Å². The minimum Gasteiger partial charge on any atom is -0.342 e. The van der Waals surface area contributed by atoms with E-state index in [0.29, 0.717) is 45.8 Å². The van der Waals surface area contributed by atoms with Gasteiger partial charge in [-0.1, -0.05) is 6.07 Å². The number of rotatable bonds is 5. The Morgan fingerprint density at radius 2 is 1.69 bits per heavy atom. The SMILES string of the molecule is CCN(CC)C(=O)CN1CCN(C(=O)c2cccc(C(F)(F)F)c2)CC1. The number of hydrogen-bond acceptors (Lipinski definition) is 3. The standard InChI is InChI=1S/C18H24F3N3O2/c1-3-23(4-2)16(25)13-22-8-10-24(11-9-22)17(26)14-6-5-7-15(12-14)18(19,20)21/h5-7,12H,3-4,8-11,13H2,1-2H3. The number of benzene rings is 1. The average molecular weight is 371 g/mol. The van der Waals surface area contributed by atoms with Crippen molar-refractivity contribution in [3.05, 3.63) is 35.4 Å². The molecule has 5 nitrogen and oxygen atoms in total. The summed E-state index contributed by atoms with van der Waals surface area (Å²) in [6, 6.07) is 4.48. The largest absolute Gasteiger partial charge is 0.416 e. The van der Waals surface area contributed by atoms with E-state index in [2.05, 4.69) is 0 Å². The number of hydrogen-bond donors (Lipinski definition) is 0. The van der Waals surface area contributed by atoms with Crippen molar-refractivity contribution < 1.29 is 22.8 Å². The molecular formula is C18H24F3N3O2. The van der Waals surface area contributed by atoms with Crippen molar-refractivity contribution in [1.29, 1.82) is 0 Å². The van der Waals surface area contributed by atoms with Crippen molar-refractivity contribution in [3.63, 3.8) is 0 Å². The van der Waals surface area contributed by atoms with Gasteiger partial charge in [0, 0.05) is 44.8 Å². The first-order valence-corrected chi connectivity index (χ1v) is 8.73. The molecule has 0 bridgehead atoms. The molecule has 8 heteroatoms. The van der Waals surface area contributed by atoms with Gasteiger partial charge < -0.3 is 9.80 Å². The predicted molar refractivity (Wildman–Crippen MR) is 91.7 cm³/mol. The molecule has 1 aliphatic rings. The van der Waals surface area contributed by atoms with Crippen LogP contribution >= 0.6 is 0 Å². The summed E-state index contributed by atoms with van der Waals surface area (Å²) < 4.78 is 38.4. The summed E-state index contributed by atoms with van der Waals surface area (Å²) >= 11 is 0. The first kappa shape index (κ1) is 20.2. The predicted octanol–water partition coefficient (Wildman–Crippen LogP) is 2.33. The molecule has 1 aliphatic heterocycles. The van der Waals surface area contributed by atoms with Gasteiger partial charge in [0.15, 0.2) is 0 Å². The summed E-state index contributed by atoms with van der Waals surface area (Å²) in [6.45, 7) is 7.29. The van der Waals surface area contributed by atoms with Gasteiger partial charge in [0.1, 0.15) is 0 Å². The summed E-state index contributed by atoms with van der Waals surface area (Å²) in [6.07, 6.45) is -4.47. The third-order valence-corrected chi connectivity index (χ3v) is 4.57. The Hall–Kier alpha value is -2.09. The Morgan fingerprint density at radius 1 is 1.08 bits per heavy atom. The van der Waals surface area contributed by atoms with Crippen LogP contribution in [0.2, 0.25) is 0 Å². The van der Waals surface area contributed by atoms with Gasteiger partial charge in [-0.15, -0.1) is 0 Å². The van der Waals surface area contributed by atoms with Gasteiger partial charge in [0.25, 0.3) is 5.91 Å². The van der Waals surface area contributed by atoms with Gasteiger partial charge in [-0.25, -0.2) is 0 Å². The average Bonchev–Trinajstić information content (AvgIpc) is 2.62. The Kier molecular flexibility index (Phi) is 6.63. The van der Waals surface area contributed by atoms with Crippen LogP contribution in [0.1, 0.15) is 29.8 Å². The zero-order valence-corrected chi connectivity index (χ0v) is 15.1. The van der Waals surface area contributed by atoms with E-state index in [4.69, 9.17) is 0 Å². The summed E-state index contributed by atoms with van der Waals surface area (Å²) in [5, 5.41) is 0. The van der Waals surface area contributed by atoms with E-state index in [9.17, 15) is 22.8 Å². The molecule has 0 N–H and O–H groups in total. The maximum atomic E-state index is 12.8. The van der Waals surface area contributed by atoms with Gasteiger partial charge in [-0.2, -0.15) is 13.2 Å². The Morgan fingerprint density at radius 3 is 2.23 bits per heavy atom. The van der Waals surface area contributed by atoms with E-state index in [0.717, 1.165) is 12.1 Å². The van der Waals surface area contributed by atoms with E-state index in [1.54, 1.807) is 4.90 Å². The van der Waals surface area contributed by atoms with Gasteiger partial charge in [-0.05, 0) is 32.0 Å². The first-order chi connectivity index (χ1) is 12.3. The normalized spacial score (nSPS) is 15.8. The van der Waals surface area contributed by atoms with Crippen LogP contribution in [0, 0.1) is 0 Å². The highest BCUT2D eigenvalue weighted by molar-refractivity contribution is 5.94. The molecule has 1 aromatic carbocycles. The van der Waals surface area contributed by atoms with Gasteiger partial charge >= 0.3 is 6.18 Å². The van der Waals surface area contributed by atoms with Crippen LogP contribution in [0.4, 0.5) is 13.2 Å². The number of carbonyl (C=O) groups is 2. The van der Waals surface area contributed by atoms with Crippen LogP contribution in [0.25, 0.3) is 0 Å². The fourth-order valence-electron chi connectivity index (χ4n) is 2.99. The summed E-state index contributed by atoms with van der Waals surface area (Å²) in [7, 11) is 0. The lowest BCUT2D eigenvalue weighted by Crippen LogP contribution is -2.51. The fraction of sp³-hybridized carbons (Fsp3) is 0.556. The van der Waals surface area contributed by atoms with Crippen LogP contribution in [0.3, 0.4) is 0 Å². The summed E-state index contributed by atoms with van der Waals surface area (Å²) in [5.41, 5.74) is -0.792. The van der Waals surface area contributed by atoms with Crippen molar-refractivity contribution in [1.82, 2.24) is 14.7 Å². The van der Waals surface area contributed by atoms with Crippen LogP contribution in [0.5, 0.6) is 0 Å². The molecule has 0 unspecified atom stereocenters. The zero-order chi connectivity index (χ0) is 19.3. The van der Waals surface area contributed by atoms with Crippen LogP contribution in [-0.2, 0) is 11.0 Å². The molecule has 0 atom stereocenters. The van der Waals surface area contributed by atoms with Crippen molar-refractivity contribution in [3.8, 4) is 0 Å². The number of alkyl halides is 3. The molecule has 0 saturated carbocycles. The minimum atomic E-state index is -4.47. The Labute approximate surface area is 151 Å². The van der Waals surface area contributed by atoms with Crippen LogP contribution in [0.15, 0.2) is 24.3 Å². The second-order valence-electron chi connectivity index (χ2n) is 6.21. The third-order valence-electron chi connectivity index (χ3n) is 4.57. The molecule has 1 heterocycles. The maximum Gasteiger partial charge on any atom is 0.416 e. The highest BCUT2D eigenvalue weighted by Gasteiger charge is 2.32. The first-order valence-electron chi connectivity index (χ1n) is 8.73. The lowest BCUT2D eigenvalue weighted by atomic mass is 10.1. The number of amides is 2. The Bertz CT molecular complexity index is 637. The number of piperazine rings is 1. The van der Waals surface area contributed by atoms with E-state index in [1.807, 2.05) is 18.7 Å². The van der Waals surface area contributed by atoms with Crippen molar-refractivity contribution in [2.45, 2.75) is 20.0 Å². The monoisotopic (exact) mass is 371 g/mol. The molecular weight excluding hydrogens is 347 g/mol.